The van der Waals surface area contributed by atoms with E-state index in [4.69, 9.17) is 0 Å². The summed E-state index contributed by atoms with van der Waals surface area (Å²) in [5, 5.41) is 4.41. The van der Waals surface area contributed by atoms with Crippen LogP contribution < -0.4 is 10.6 Å². The van der Waals surface area contributed by atoms with Crippen LogP contribution in [0.2, 0.25) is 0 Å². The standard InChI is InChI=1S/C28H32F4N4OS/c1-19-9-10-20(17-33-19)26(2,3)36-16-15-27(18-36,14-13-22-11-12-23(29)38-22)24(28(30,31)32)35-25(37)34-21-7-5-4-6-8-21/h4-12,17,24H,13-16,18H2,1-3H3,(H2,34,35,37)/t24-,27?/m0/s1. The van der Waals surface area contributed by atoms with Gasteiger partial charge in [-0.3, -0.25) is 9.88 Å². The summed E-state index contributed by atoms with van der Waals surface area (Å²) in [5.41, 5.74) is 0.254. The van der Waals surface area contributed by atoms with Crippen LogP contribution in [-0.2, 0) is 12.0 Å². The maximum atomic E-state index is 14.7. The molecule has 2 amide bonds. The number of aromatic nitrogens is 1. The normalized spacial score (nSPS) is 19.3. The van der Waals surface area contributed by atoms with E-state index in [9.17, 15) is 22.4 Å². The van der Waals surface area contributed by atoms with Gasteiger partial charge in [-0.1, -0.05) is 24.3 Å². The van der Waals surface area contributed by atoms with E-state index in [2.05, 4.69) is 15.6 Å². The molecule has 0 radical (unpaired) electrons. The van der Waals surface area contributed by atoms with Crippen molar-refractivity contribution in [2.75, 3.05) is 18.4 Å². The number of rotatable bonds is 8. The summed E-state index contributed by atoms with van der Waals surface area (Å²) in [6.07, 6.45) is -2.29. The van der Waals surface area contributed by atoms with Gasteiger partial charge in [0, 0.05) is 40.0 Å². The lowest BCUT2D eigenvalue weighted by atomic mass is 9.74. The largest absolute Gasteiger partial charge is 0.409 e. The number of urea groups is 1. The van der Waals surface area contributed by atoms with Crippen molar-refractivity contribution in [2.24, 2.45) is 5.41 Å². The zero-order valence-corrected chi connectivity index (χ0v) is 22.4. The second-order valence-electron chi connectivity index (χ2n) is 10.4. The number of thiophene rings is 1. The Morgan fingerprint density at radius 1 is 1.13 bits per heavy atom. The Morgan fingerprint density at radius 2 is 1.87 bits per heavy atom. The third-order valence-electron chi connectivity index (χ3n) is 7.54. The molecule has 1 aromatic carbocycles. The van der Waals surface area contributed by atoms with Gasteiger partial charge >= 0.3 is 12.2 Å². The van der Waals surface area contributed by atoms with Crippen molar-refractivity contribution < 1.29 is 22.4 Å². The summed E-state index contributed by atoms with van der Waals surface area (Å²) in [4.78, 5) is 19.9. The number of para-hydroxylation sites is 1. The average molecular weight is 549 g/mol. The number of amides is 2. The number of benzene rings is 1. The van der Waals surface area contributed by atoms with Gasteiger partial charge in [0.25, 0.3) is 0 Å². The van der Waals surface area contributed by atoms with Crippen molar-refractivity contribution in [3.8, 4) is 0 Å². The third-order valence-corrected chi connectivity index (χ3v) is 8.47. The highest BCUT2D eigenvalue weighted by atomic mass is 32.1. The van der Waals surface area contributed by atoms with Crippen molar-refractivity contribution in [3.05, 3.63) is 82.1 Å². The third kappa shape index (κ3) is 6.35. The Labute approximate surface area is 224 Å². The van der Waals surface area contributed by atoms with Crippen LogP contribution in [0.25, 0.3) is 0 Å². The van der Waals surface area contributed by atoms with Gasteiger partial charge in [0.1, 0.15) is 6.04 Å². The Hall–Kier alpha value is -2.98. The van der Waals surface area contributed by atoms with Gasteiger partial charge < -0.3 is 10.6 Å². The lowest BCUT2D eigenvalue weighted by Gasteiger charge is -2.42. The molecule has 3 heterocycles. The zero-order chi connectivity index (χ0) is 27.6. The molecule has 0 bridgehead atoms. The van der Waals surface area contributed by atoms with Crippen molar-refractivity contribution in [1.29, 1.82) is 0 Å². The molecule has 1 aliphatic rings. The van der Waals surface area contributed by atoms with Gasteiger partial charge in [-0.15, -0.1) is 11.3 Å². The summed E-state index contributed by atoms with van der Waals surface area (Å²) in [5.74, 6) is 0. The monoisotopic (exact) mass is 548 g/mol. The first-order chi connectivity index (χ1) is 17.9. The lowest BCUT2D eigenvalue weighted by molar-refractivity contribution is -0.181. The van der Waals surface area contributed by atoms with Crippen LogP contribution in [0, 0.1) is 17.5 Å². The van der Waals surface area contributed by atoms with E-state index in [1.165, 1.54) is 6.07 Å². The highest BCUT2D eigenvalue weighted by Gasteiger charge is 2.57. The van der Waals surface area contributed by atoms with E-state index in [-0.39, 0.29) is 30.9 Å². The minimum atomic E-state index is -4.69. The van der Waals surface area contributed by atoms with E-state index in [1.54, 1.807) is 42.6 Å². The summed E-state index contributed by atoms with van der Waals surface area (Å²) in [6, 6.07) is 12.1. The summed E-state index contributed by atoms with van der Waals surface area (Å²) in [6.45, 7) is 6.35. The number of halogens is 4. The number of aryl methyl sites for hydroxylation is 2. The molecule has 0 spiro atoms. The molecule has 204 valence electrons. The zero-order valence-electron chi connectivity index (χ0n) is 21.6. The van der Waals surface area contributed by atoms with Gasteiger partial charge in [0.15, 0.2) is 5.13 Å². The van der Waals surface area contributed by atoms with Crippen LogP contribution in [0.1, 0.15) is 42.8 Å². The van der Waals surface area contributed by atoms with Gasteiger partial charge in [-0.05, 0) is 82.5 Å². The number of carbonyl (C=O) groups is 1. The molecule has 1 fully saturated rings. The molecule has 3 aromatic rings. The van der Waals surface area contributed by atoms with E-state index >= 15 is 0 Å². The molecule has 38 heavy (non-hydrogen) atoms. The molecule has 2 aromatic heterocycles. The SMILES string of the molecule is Cc1ccc(C(C)(C)N2CCC(CCc3ccc(F)s3)([C@H](NC(=O)Nc3ccccc3)C(F)(F)F)C2)cn1. The maximum Gasteiger partial charge on any atom is 0.409 e. The molecule has 1 saturated heterocycles. The second-order valence-corrected chi connectivity index (χ2v) is 11.5. The van der Waals surface area contributed by atoms with Crippen LogP contribution >= 0.6 is 11.3 Å². The molecule has 1 aliphatic heterocycles. The number of nitrogens with zero attached hydrogens (tertiary/aromatic N) is 2. The van der Waals surface area contributed by atoms with E-state index in [1.807, 2.05) is 37.8 Å². The van der Waals surface area contributed by atoms with E-state index in [0.717, 1.165) is 22.6 Å². The Kier molecular flexibility index (Phi) is 8.13. The fraction of sp³-hybridized carbons (Fsp3) is 0.429. The van der Waals surface area contributed by atoms with E-state index < -0.39 is 29.2 Å². The van der Waals surface area contributed by atoms with Crippen LogP contribution in [-0.4, -0.2) is 41.2 Å². The Balaban J connectivity index is 1.63. The molecule has 4 rings (SSSR count). The Bertz CT molecular complexity index is 1230. The van der Waals surface area contributed by atoms with Gasteiger partial charge in [0.2, 0.25) is 0 Å². The molecular formula is C28H32F4N4OS. The predicted octanol–water partition coefficient (Wildman–Crippen LogP) is 6.90. The first-order valence-corrected chi connectivity index (χ1v) is 13.3. The molecule has 10 heteroatoms. The fourth-order valence-corrected chi connectivity index (χ4v) is 5.96. The van der Waals surface area contributed by atoms with Crippen LogP contribution in [0.4, 0.5) is 28.0 Å². The number of carbonyl (C=O) groups excluding carboxylic acids is 1. The predicted molar refractivity (Wildman–Crippen MR) is 142 cm³/mol. The van der Waals surface area contributed by atoms with Crippen molar-refractivity contribution in [3.63, 3.8) is 0 Å². The molecule has 1 unspecified atom stereocenters. The number of hydrogen-bond acceptors (Lipinski definition) is 4. The quantitative estimate of drug-likeness (QED) is 0.301. The number of alkyl halides is 3. The smallest absolute Gasteiger partial charge is 0.325 e. The van der Waals surface area contributed by atoms with Gasteiger partial charge in [-0.2, -0.15) is 17.6 Å². The number of hydrogen-bond donors (Lipinski definition) is 2. The highest BCUT2D eigenvalue weighted by Crippen LogP contribution is 2.48. The second kappa shape index (κ2) is 11.0. The van der Waals surface area contributed by atoms with Gasteiger partial charge in [0.05, 0.1) is 0 Å². The molecule has 2 N–H and O–H groups in total. The lowest BCUT2D eigenvalue weighted by Crippen LogP contribution is -2.58. The number of likely N-dealkylation sites (tertiary alicyclic amines) is 1. The molecular weight excluding hydrogens is 516 g/mol. The average Bonchev–Trinajstić information content (AvgIpc) is 3.49. The number of nitrogens with one attached hydrogen (secondary N) is 2. The maximum absolute atomic E-state index is 14.7. The number of pyridine rings is 1. The van der Waals surface area contributed by atoms with Crippen LogP contribution in [0.5, 0.6) is 0 Å². The van der Waals surface area contributed by atoms with E-state index in [0.29, 0.717) is 17.1 Å². The summed E-state index contributed by atoms with van der Waals surface area (Å²) >= 11 is 0.940. The molecule has 2 atom stereocenters. The van der Waals surface area contributed by atoms with Crippen molar-refractivity contribution in [2.45, 2.75) is 57.8 Å². The van der Waals surface area contributed by atoms with Crippen LogP contribution in [0.3, 0.4) is 0 Å². The fourth-order valence-electron chi connectivity index (χ4n) is 5.23. The topological polar surface area (TPSA) is 57.3 Å². The summed E-state index contributed by atoms with van der Waals surface area (Å²) in [7, 11) is 0. The Morgan fingerprint density at radius 3 is 2.47 bits per heavy atom. The molecule has 5 nitrogen and oxygen atoms in total. The van der Waals surface area contributed by atoms with Crippen molar-refractivity contribution in [1.82, 2.24) is 15.2 Å². The summed E-state index contributed by atoms with van der Waals surface area (Å²) < 4.78 is 57.8. The van der Waals surface area contributed by atoms with Gasteiger partial charge in [-0.25, -0.2) is 4.79 Å². The molecule has 0 aliphatic carbocycles. The highest BCUT2D eigenvalue weighted by molar-refractivity contribution is 7.10. The molecule has 0 saturated carbocycles. The first kappa shape index (κ1) is 28.0. The number of anilines is 1. The van der Waals surface area contributed by atoms with Crippen molar-refractivity contribution >= 4 is 23.1 Å². The minimum absolute atomic E-state index is 0.109. The first-order valence-electron chi connectivity index (χ1n) is 12.5. The van der Waals surface area contributed by atoms with Crippen LogP contribution in [0.15, 0.2) is 60.8 Å². The minimum Gasteiger partial charge on any atom is -0.325 e.